The van der Waals surface area contributed by atoms with Crippen LogP contribution in [0.2, 0.25) is 0 Å². The molecule has 0 radical (unpaired) electrons. The molecule has 26 heavy (non-hydrogen) atoms. The van der Waals surface area contributed by atoms with Gasteiger partial charge in [-0.1, -0.05) is 6.42 Å². The second kappa shape index (κ2) is 11.5. The second-order valence-electron chi connectivity index (χ2n) is 5.82. The summed E-state index contributed by atoms with van der Waals surface area (Å²) in [4.78, 5) is 34.6. The molecule has 1 atom stereocenters. The first-order chi connectivity index (χ1) is 12.4. The normalized spacial score (nSPS) is 15.3. The minimum Gasteiger partial charge on any atom is -0.473 e. The van der Waals surface area contributed by atoms with Crippen LogP contribution in [0, 0.1) is 0 Å². The van der Waals surface area contributed by atoms with Crippen LogP contribution in [-0.2, 0) is 14.3 Å². The molecule has 0 saturated carbocycles. The lowest BCUT2D eigenvalue weighted by Gasteiger charge is -2.34. The molecule has 1 fully saturated rings. The van der Waals surface area contributed by atoms with Crippen LogP contribution in [0.25, 0.3) is 0 Å². The van der Waals surface area contributed by atoms with E-state index >= 15 is 0 Å². The minimum atomic E-state index is -1.82. The summed E-state index contributed by atoms with van der Waals surface area (Å²) in [6, 6.07) is 4.31. The highest BCUT2D eigenvalue weighted by Gasteiger charge is 2.24. The van der Waals surface area contributed by atoms with Crippen LogP contribution in [-0.4, -0.2) is 65.4 Å². The Morgan fingerprint density at radius 3 is 2.31 bits per heavy atom. The van der Waals surface area contributed by atoms with Crippen LogP contribution >= 0.6 is 11.3 Å². The highest BCUT2D eigenvalue weighted by molar-refractivity contribution is 7.14. The summed E-state index contributed by atoms with van der Waals surface area (Å²) >= 11 is 1.58. The standard InChI is InChI=1S/C15H24N2O2S.C2H2O4/c1-3-19-15(18)17(14-8-7-11-20-14)12-13(2)16-9-5-4-6-10-16;3-1(4)2(5)6/h7-8,11,13H,3-6,9-10,12H2,1-2H3;(H,3,4)(H,5,6). The van der Waals surface area contributed by atoms with Gasteiger partial charge in [-0.2, -0.15) is 0 Å². The van der Waals surface area contributed by atoms with E-state index in [0.29, 0.717) is 19.2 Å². The van der Waals surface area contributed by atoms with E-state index in [0.717, 1.165) is 18.1 Å². The predicted octanol–water partition coefficient (Wildman–Crippen LogP) is 2.74. The summed E-state index contributed by atoms with van der Waals surface area (Å²) in [7, 11) is 0. The van der Waals surface area contributed by atoms with Crippen molar-refractivity contribution in [1.29, 1.82) is 0 Å². The Labute approximate surface area is 157 Å². The van der Waals surface area contributed by atoms with Gasteiger partial charge in [0.1, 0.15) is 5.00 Å². The number of carboxylic acid groups (broad SMARTS) is 2. The number of ether oxygens (including phenoxy) is 1. The smallest absolute Gasteiger partial charge is 0.414 e. The van der Waals surface area contributed by atoms with Crippen molar-refractivity contribution >= 4 is 34.4 Å². The molecule has 0 bridgehead atoms. The number of nitrogens with zero attached hydrogens (tertiary/aromatic N) is 2. The lowest BCUT2D eigenvalue weighted by atomic mass is 10.1. The summed E-state index contributed by atoms with van der Waals surface area (Å²) in [5.74, 6) is -3.65. The van der Waals surface area contributed by atoms with Crippen LogP contribution in [0.3, 0.4) is 0 Å². The fourth-order valence-electron chi connectivity index (χ4n) is 2.62. The van der Waals surface area contributed by atoms with Gasteiger partial charge in [-0.05, 0) is 57.3 Å². The molecule has 0 spiro atoms. The minimum absolute atomic E-state index is 0.237. The zero-order valence-corrected chi connectivity index (χ0v) is 15.9. The third kappa shape index (κ3) is 7.40. The molecule has 0 aliphatic carbocycles. The second-order valence-corrected chi connectivity index (χ2v) is 6.74. The zero-order chi connectivity index (χ0) is 19.5. The third-order valence-electron chi connectivity index (χ3n) is 3.90. The van der Waals surface area contributed by atoms with Crippen molar-refractivity contribution < 1.29 is 29.3 Å². The van der Waals surface area contributed by atoms with Gasteiger partial charge < -0.3 is 14.9 Å². The van der Waals surface area contributed by atoms with Gasteiger partial charge in [0.05, 0.1) is 6.61 Å². The summed E-state index contributed by atoms with van der Waals surface area (Å²) < 4.78 is 5.19. The maximum absolute atomic E-state index is 12.2. The number of hydrogen-bond acceptors (Lipinski definition) is 6. The Balaban J connectivity index is 0.000000487. The largest absolute Gasteiger partial charge is 0.473 e. The van der Waals surface area contributed by atoms with Crippen molar-refractivity contribution in [2.75, 3.05) is 31.1 Å². The maximum atomic E-state index is 12.2. The summed E-state index contributed by atoms with van der Waals surface area (Å²) in [6.07, 6.45) is 3.63. The van der Waals surface area contributed by atoms with Gasteiger partial charge in [0.15, 0.2) is 0 Å². The van der Waals surface area contributed by atoms with Gasteiger partial charge in [-0.15, -0.1) is 11.3 Å². The molecule has 1 amide bonds. The number of piperidine rings is 1. The summed E-state index contributed by atoms with van der Waals surface area (Å²) in [5.41, 5.74) is 0. The highest BCUT2D eigenvalue weighted by atomic mass is 32.1. The lowest BCUT2D eigenvalue weighted by Crippen LogP contribution is -2.46. The fourth-order valence-corrected chi connectivity index (χ4v) is 3.35. The molecule has 146 valence electrons. The van der Waals surface area contributed by atoms with E-state index in [1.54, 1.807) is 16.2 Å². The van der Waals surface area contributed by atoms with Crippen molar-refractivity contribution in [1.82, 2.24) is 4.90 Å². The molecule has 1 aliphatic rings. The van der Waals surface area contributed by atoms with Gasteiger partial charge in [0.2, 0.25) is 0 Å². The van der Waals surface area contributed by atoms with Gasteiger partial charge in [0, 0.05) is 12.6 Å². The number of thiophene rings is 1. The number of carboxylic acids is 2. The number of hydrogen-bond donors (Lipinski definition) is 2. The number of amides is 1. The van der Waals surface area contributed by atoms with E-state index in [4.69, 9.17) is 24.5 Å². The molecule has 9 heteroatoms. The van der Waals surface area contributed by atoms with Gasteiger partial charge in [-0.3, -0.25) is 9.80 Å². The number of rotatable bonds is 5. The molecule has 1 unspecified atom stereocenters. The molecule has 2 heterocycles. The van der Waals surface area contributed by atoms with E-state index in [9.17, 15) is 4.79 Å². The van der Waals surface area contributed by atoms with Crippen LogP contribution < -0.4 is 4.90 Å². The molecule has 1 saturated heterocycles. The Morgan fingerprint density at radius 2 is 1.85 bits per heavy atom. The Morgan fingerprint density at radius 1 is 1.23 bits per heavy atom. The first-order valence-corrected chi connectivity index (χ1v) is 9.42. The number of aliphatic carboxylic acids is 2. The summed E-state index contributed by atoms with van der Waals surface area (Å²) in [6.45, 7) is 7.44. The summed E-state index contributed by atoms with van der Waals surface area (Å²) in [5, 5.41) is 17.7. The molecule has 1 aromatic rings. The first-order valence-electron chi connectivity index (χ1n) is 8.54. The van der Waals surface area contributed by atoms with Crippen molar-refractivity contribution in [2.24, 2.45) is 0 Å². The third-order valence-corrected chi connectivity index (χ3v) is 4.80. The zero-order valence-electron chi connectivity index (χ0n) is 15.1. The number of carbonyl (C=O) groups excluding carboxylic acids is 1. The Kier molecular flexibility index (Phi) is 9.67. The highest BCUT2D eigenvalue weighted by Crippen LogP contribution is 2.23. The number of carbonyl (C=O) groups is 3. The van der Waals surface area contributed by atoms with E-state index < -0.39 is 11.9 Å². The lowest BCUT2D eigenvalue weighted by molar-refractivity contribution is -0.159. The van der Waals surface area contributed by atoms with Crippen molar-refractivity contribution in [2.45, 2.75) is 39.2 Å². The molecule has 1 aliphatic heterocycles. The van der Waals surface area contributed by atoms with Gasteiger partial charge in [-0.25, -0.2) is 14.4 Å². The molecular weight excluding hydrogens is 360 g/mol. The van der Waals surface area contributed by atoms with Crippen LogP contribution in [0.15, 0.2) is 17.5 Å². The van der Waals surface area contributed by atoms with Crippen LogP contribution in [0.4, 0.5) is 9.80 Å². The van der Waals surface area contributed by atoms with E-state index in [-0.39, 0.29) is 6.09 Å². The molecule has 2 N–H and O–H groups in total. The van der Waals surface area contributed by atoms with Gasteiger partial charge >= 0.3 is 18.0 Å². The number of likely N-dealkylation sites (tertiary alicyclic amines) is 1. The Bertz CT molecular complexity index is 560. The molecule has 8 nitrogen and oxygen atoms in total. The maximum Gasteiger partial charge on any atom is 0.414 e. The average Bonchev–Trinajstić information content (AvgIpc) is 3.15. The predicted molar refractivity (Wildman–Crippen MR) is 98.8 cm³/mol. The molecule has 0 aromatic carbocycles. The first kappa shape index (κ1) is 21.9. The van der Waals surface area contributed by atoms with Crippen molar-refractivity contribution in [3.8, 4) is 0 Å². The SMILES string of the molecule is CCOC(=O)N(CC(C)N1CCCCC1)c1cccs1.O=C(O)C(=O)O. The van der Waals surface area contributed by atoms with E-state index in [2.05, 4.69) is 11.8 Å². The molecular formula is C17H26N2O6S. The van der Waals surface area contributed by atoms with Crippen LogP contribution in [0.5, 0.6) is 0 Å². The quantitative estimate of drug-likeness (QED) is 0.749. The topological polar surface area (TPSA) is 107 Å². The van der Waals surface area contributed by atoms with Crippen molar-refractivity contribution in [3.05, 3.63) is 17.5 Å². The monoisotopic (exact) mass is 386 g/mol. The van der Waals surface area contributed by atoms with Crippen LogP contribution in [0.1, 0.15) is 33.1 Å². The molecule has 1 aromatic heterocycles. The Hall–Kier alpha value is -2.13. The van der Waals surface area contributed by atoms with Crippen molar-refractivity contribution in [3.63, 3.8) is 0 Å². The van der Waals surface area contributed by atoms with E-state index in [1.165, 1.54) is 19.3 Å². The number of anilines is 1. The van der Waals surface area contributed by atoms with Gasteiger partial charge in [0.25, 0.3) is 0 Å². The fraction of sp³-hybridized carbons (Fsp3) is 0.588. The van der Waals surface area contributed by atoms with E-state index in [1.807, 2.05) is 24.4 Å². The average molecular weight is 386 g/mol. The molecule has 2 rings (SSSR count).